The normalized spacial score (nSPS) is 4.00. The zero-order valence-corrected chi connectivity index (χ0v) is 4.56. The van der Waals surface area contributed by atoms with Gasteiger partial charge in [0.05, 0.1) is 0 Å². The number of rotatable bonds is 0. The van der Waals surface area contributed by atoms with E-state index in [1.165, 1.54) is 0 Å². The molecule has 0 atom stereocenters. The molecule has 0 aromatic rings. The summed E-state index contributed by atoms with van der Waals surface area (Å²) >= 11 is 0. The largest absolute Gasteiger partial charge is 1.00 e. The van der Waals surface area contributed by atoms with Crippen LogP contribution in [-0.2, 0) is 0 Å². The van der Waals surface area contributed by atoms with Crippen molar-refractivity contribution in [1.82, 2.24) is 0 Å². The molecule has 0 aliphatic carbocycles. The van der Waals surface area contributed by atoms with Gasteiger partial charge in [-0.25, -0.2) is 0 Å². The number of hydrogen-bond acceptors (Lipinski definition) is 2. The van der Waals surface area contributed by atoms with E-state index in [0.717, 1.165) is 7.11 Å². The molecule has 0 radical (unpaired) electrons. The molecule has 0 saturated carbocycles. The Bertz CT molecular complexity index is 8.75. The Morgan fingerprint density at radius 1 is 1.50 bits per heavy atom. The molecule has 0 amide bonds. The first-order chi connectivity index (χ1) is 2.41. The van der Waals surface area contributed by atoms with Crippen LogP contribution in [0.3, 0.4) is 0 Å². The van der Waals surface area contributed by atoms with Crippen LogP contribution < -0.4 is 24.0 Å². The van der Waals surface area contributed by atoms with Crippen molar-refractivity contribution in [3.05, 3.63) is 0 Å². The van der Waals surface area contributed by atoms with Crippen molar-refractivity contribution in [2.24, 2.45) is 0 Å². The molecule has 2 nitrogen and oxygen atoms in total. The van der Waals surface area contributed by atoms with Crippen LogP contribution in [-0.4, -0.2) is 18.8 Å². The van der Waals surface area contributed by atoms with Crippen LogP contribution in [0, 0.1) is 0 Å². The van der Waals surface area contributed by atoms with Gasteiger partial charge < -0.3 is 10.2 Å². The summed E-state index contributed by atoms with van der Waals surface area (Å²) in [7, 11) is 0.750. The second-order valence-electron chi connectivity index (χ2n) is 0.316. The van der Waals surface area contributed by atoms with Gasteiger partial charge in [-0.15, -0.1) is 0 Å². The Labute approximate surface area is 50.4 Å². The first-order valence-corrected chi connectivity index (χ1v) is 1.43. The molecule has 0 unspecified atom stereocenters. The fraction of sp³-hybridized carbons (Fsp3) is 1.00. The minimum absolute atomic E-state index is 0. The van der Waals surface area contributed by atoms with E-state index in [0.29, 0.717) is 0 Å². The summed E-state index contributed by atoms with van der Waals surface area (Å²) < 4.78 is 0. The molecule has 6 heavy (non-hydrogen) atoms. The molecule has 34 valence electrons. The number of aliphatic hydroxyl groups is 1. The third-order valence-corrected chi connectivity index (χ3v) is 0. The van der Waals surface area contributed by atoms with E-state index >= 15 is 0 Å². The maximum atomic E-state index is 8.25. The summed E-state index contributed by atoms with van der Waals surface area (Å²) in [6, 6.07) is 0. The second kappa shape index (κ2) is 48.9. The van der Waals surface area contributed by atoms with Gasteiger partial charge in [0.2, 0.25) is 0 Å². The molecule has 0 aliphatic heterocycles. The van der Waals surface area contributed by atoms with Crippen LogP contribution in [0.1, 0.15) is 6.92 Å². The predicted molar refractivity (Wildman–Crippen MR) is 18.7 cm³/mol. The zero-order valence-electron chi connectivity index (χ0n) is 4.56. The molecular formula is C3H9LiO2. The molecular weight excluding hydrogens is 75.0 g/mol. The van der Waals surface area contributed by atoms with Crippen LogP contribution in [0.5, 0.6) is 0 Å². The summed E-state index contributed by atoms with van der Waals surface area (Å²) in [6.07, 6.45) is 0. The summed E-state index contributed by atoms with van der Waals surface area (Å²) in [6.45, 7) is 1.93. The zero-order chi connectivity index (χ0) is 4.71. The van der Waals surface area contributed by atoms with Crippen LogP contribution in [0.4, 0.5) is 0 Å². The molecule has 0 spiro atoms. The molecule has 0 aromatic heterocycles. The van der Waals surface area contributed by atoms with E-state index in [1.807, 2.05) is 0 Å². The van der Waals surface area contributed by atoms with Gasteiger partial charge in [0.25, 0.3) is 0 Å². The molecule has 0 aliphatic rings. The average molecular weight is 84.0 g/mol. The monoisotopic (exact) mass is 84.1 g/mol. The molecule has 0 aromatic carbocycles. The second-order valence-corrected chi connectivity index (χ2v) is 0.316. The third-order valence-electron chi connectivity index (χ3n) is 0. The van der Waals surface area contributed by atoms with Crippen molar-refractivity contribution in [2.45, 2.75) is 6.92 Å². The smallest absolute Gasteiger partial charge is 0.857 e. The molecule has 3 heteroatoms. The fourth-order valence-electron chi connectivity index (χ4n) is 0. The molecule has 1 N–H and O–H groups in total. The van der Waals surface area contributed by atoms with E-state index in [4.69, 9.17) is 10.2 Å². The first kappa shape index (κ1) is 16.0. The summed E-state index contributed by atoms with van der Waals surface area (Å²) in [5, 5.41) is 15.8. The van der Waals surface area contributed by atoms with Gasteiger partial charge in [0.1, 0.15) is 0 Å². The van der Waals surface area contributed by atoms with Gasteiger partial charge >= 0.3 is 18.9 Å². The van der Waals surface area contributed by atoms with Crippen LogP contribution in [0.25, 0.3) is 0 Å². The SMILES string of the molecule is CCO.C[O-].[Li+]. The van der Waals surface area contributed by atoms with E-state index < -0.39 is 0 Å². The Hall–Kier alpha value is 0.517. The average Bonchev–Trinajstić information content (AvgIpc) is 1.46. The van der Waals surface area contributed by atoms with Crippen molar-refractivity contribution in [1.29, 1.82) is 0 Å². The first-order valence-electron chi connectivity index (χ1n) is 1.43. The third kappa shape index (κ3) is 209. The van der Waals surface area contributed by atoms with Crippen molar-refractivity contribution in [2.75, 3.05) is 13.7 Å². The topological polar surface area (TPSA) is 43.3 Å². The van der Waals surface area contributed by atoms with Crippen molar-refractivity contribution >= 4 is 0 Å². The molecule has 0 heterocycles. The standard InChI is InChI=1S/C2H6O.CH3O.Li/c1-2-3;1-2;/h3H,2H2,1H3;1H3;/q;-1;+1. The Morgan fingerprint density at radius 2 is 1.50 bits per heavy atom. The van der Waals surface area contributed by atoms with Gasteiger partial charge in [-0.1, -0.05) is 0 Å². The minimum atomic E-state index is 0. The van der Waals surface area contributed by atoms with Gasteiger partial charge in [-0.05, 0) is 6.92 Å². The van der Waals surface area contributed by atoms with Crippen molar-refractivity contribution < 1.29 is 29.1 Å². The fourth-order valence-corrected chi connectivity index (χ4v) is 0. The van der Waals surface area contributed by atoms with Crippen LogP contribution in [0.15, 0.2) is 0 Å². The molecule has 0 saturated heterocycles. The minimum Gasteiger partial charge on any atom is -0.857 e. The van der Waals surface area contributed by atoms with Gasteiger partial charge in [-0.3, -0.25) is 0 Å². The summed E-state index contributed by atoms with van der Waals surface area (Å²) in [5.41, 5.74) is 0. The Kier molecular flexibility index (Phi) is 131. The molecule has 0 rings (SSSR count). The van der Waals surface area contributed by atoms with Crippen molar-refractivity contribution in [3.63, 3.8) is 0 Å². The molecule has 0 fully saturated rings. The van der Waals surface area contributed by atoms with Gasteiger partial charge in [-0.2, -0.15) is 7.11 Å². The predicted octanol–water partition coefficient (Wildman–Crippen LogP) is -4.02. The number of hydrogen-bond donors (Lipinski definition) is 1. The van der Waals surface area contributed by atoms with Crippen LogP contribution in [0.2, 0.25) is 0 Å². The Morgan fingerprint density at radius 3 is 1.50 bits per heavy atom. The van der Waals surface area contributed by atoms with Crippen molar-refractivity contribution in [3.8, 4) is 0 Å². The summed E-state index contributed by atoms with van der Waals surface area (Å²) in [4.78, 5) is 0. The van der Waals surface area contributed by atoms with E-state index in [9.17, 15) is 0 Å². The van der Waals surface area contributed by atoms with E-state index in [-0.39, 0.29) is 25.5 Å². The van der Waals surface area contributed by atoms with Gasteiger partial charge in [0, 0.05) is 6.61 Å². The van der Waals surface area contributed by atoms with Gasteiger partial charge in [0.15, 0.2) is 0 Å². The maximum absolute atomic E-state index is 8.25. The van der Waals surface area contributed by atoms with E-state index in [1.54, 1.807) is 6.92 Å². The number of aliphatic hydroxyl groups excluding tert-OH is 1. The Balaban J connectivity index is -0.0000000275. The maximum Gasteiger partial charge on any atom is 1.00 e. The summed E-state index contributed by atoms with van der Waals surface area (Å²) in [5.74, 6) is 0. The quantitative estimate of drug-likeness (QED) is 0.304. The molecule has 0 bridgehead atoms. The van der Waals surface area contributed by atoms with Crippen LogP contribution >= 0.6 is 0 Å². The van der Waals surface area contributed by atoms with E-state index in [2.05, 4.69) is 0 Å².